The fraction of sp³-hybridized carbons (Fsp3) is 0.174. The first-order chi connectivity index (χ1) is 13.3. The van der Waals surface area contributed by atoms with Gasteiger partial charge in [-0.1, -0.05) is 42.5 Å². The largest absolute Gasteiger partial charge is 0.484 e. The molecule has 27 heavy (non-hydrogen) atoms. The molecule has 0 radical (unpaired) electrons. The summed E-state index contributed by atoms with van der Waals surface area (Å²) in [5.41, 5.74) is 4.77. The quantitative estimate of drug-likeness (QED) is 0.741. The van der Waals surface area contributed by atoms with Gasteiger partial charge in [-0.15, -0.1) is 0 Å². The van der Waals surface area contributed by atoms with Gasteiger partial charge in [-0.2, -0.15) is 0 Å². The van der Waals surface area contributed by atoms with Crippen molar-refractivity contribution in [3.63, 3.8) is 0 Å². The van der Waals surface area contributed by atoms with Gasteiger partial charge in [0.1, 0.15) is 5.75 Å². The average molecular weight is 358 g/mol. The molecule has 0 unspecified atom stereocenters. The van der Waals surface area contributed by atoms with E-state index in [9.17, 15) is 4.79 Å². The van der Waals surface area contributed by atoms with Crippen molar-refractivity contribution in [3.8, 4) is 5.75 Å². The highest BCUT2D eigenvalue weighted by molar-refractivity contribution is 5.92. The van der Waals surface area contributed by atoms with Gasteiger partial charge in [0.05, 0.1) is 0 Å². The van der Waals surface area contributed by atoms with Crippen molar-refractivity contribution in [2.75, 3.05) is 23.4 Å². The average Bonchev–Trinajstić information content (AvgIpc) is 2.73. The van der Waals surface area contributed by atoms with Gasteiger partial charge in [0.25, 0.3) is 5.91 Å². The maximum atomic E-state index is 12.1. The van der Waals surface area contributed by atoms with Crippen LogP contribution in [0.5, 0.6) is 5.75 Å². The fourth-order valence-electron chi connectivity index (χ4n) is 3.33. The van der Waals surface area contributed by atoms with E-state index < -0.39 is 0 Å². The summed E-state index contributed by atoms with van der Waals surface area (Å²) in [4.78, 5) is 14.4. The fourth-order valence-corrected chi connectivity index (χ4v) is 3.33. The number of ether oxygens (including phenoxy) is 1. The molecule has 4 heteroatoms. The van der Waals surface area contributed by atoms with E-state index in [1.54, 1.807) is 0 Å². The van der Waals surface area contributed by atoms with Crippen LogP contribution < -0.4 is 15.0 Å². The minimum Gasteiger partial charge on any atom is -0.484 e. The van der Waals surface area contributed by atoms with E-state index in [-0.39, 0.29) is 12.5 Å². The first-order valence-electron chi connectivity index (χ1n) is 9.17. The van der Waals surface area contributed by atoms with E-state index in [1.165, 1.54) is 16.8 Å². The molecule has 1 amide bonds. The number of benzene rings is 3. The summed E-state index contributed by atoms with van der Waals surface area (Å²) < 4.78 is 5.47. The zero-order valence-corrected chi connectivity index (χ0v) is 15.1. The van der Waals surface area contributed by atoms with Gasteiger partial charge in [-0.25, -0.2) is 0 Å². The molecule has 0 saturated carbocycles. The molecule has 3 aromatic carbocycles. The van der Waals surface area contributed by atoms with Crippen LogP contribution in [0.25, 0.3) is 0 Å². The molecule has 0 saturated heterocycles. The van der Waals surface area contributed by atoms with E-state index in [4.69, 9.17) is 4.74 Å². The zero-order valence-electron chi connectivity index (χ0n) is 15.1. The van der Waals surface area contributed by atoms with Crippen LogP contribution in [-0.4, -0.2) is 19.1 Å². The molecular weight excluding hydrogens is 336 g/mol. The first kappa shape index (κ1) is 17.2. The zero-order chi connectivity index (χ0) is 18.5. The number of nitrogens with one attached hydrogen (secondary N) is 1. The van der Waals surface area contributed by atoms with E-state index in [1.807, 2.05) is 42.5 Å². The highest BCUT2D eigenvalue weighted by Crippen LogP contribution is 2.25. The number of fused-ring (bicyclic) bond motifs is 1. The van der Waals surface area contributed by atoms with Crippen molar-refractivity contribution in [1.29, 1.82) is 0 Å². The second kappa shape index (κ2) is 7.96. The van der Waals surface area contributed by atoms with Gasteiger partial charge in [-0.05, 0) is 53.9 Å². The van der Waals surface area contributed by atoms with Crippen LogP contribution in [0.2, 0.25) is 0 Å². The summed E-state index contributed by atoms with van der Waals surface area (Å²) in [5.74, 6) is 0.520. The van der Waals surface area contributed by atoms with Gasteiger partial charge in [0.15, 0.2) is 6.61 Å². The molecule has 0 aliphatic carbocycles. The number of anilines is 2. The lowest BCUT2D eigenvalue weighted by atomic mass is 9.99. The number of carbonyl (C=O) groups excluding carboxylic acids is 1. The molecule has 0 aromatic heterocycles. The SMILES string of the molecule is O=C(COc1ccccc1)Nc1ccc(N2CCc3ccccc3C2)cc1. The molecule has 0 atom stereocenters. The molecule has 4 nitrogen and oxygen atoms in total. The van der Waals surface area contributed by atoms with E-state index in [0.29, 0.717) is 5.75 Å². The van der Waals surface area contributed by atoms with Crippen LogP contribution in [0.15, 0.2) is 78.9 Å². The molecule has 1 aliphatic heterocycles. The Morgan fingerprint density at radius 1 is 0.889 bits per heavy atom. The Kier molecular flexibility index (Phi) is 5.06. The molecule has 0 fully saturated rings. The molecule has 1 N–H and O–H groups in total. The van der Waals surface area contributed by atoms with Crippen LogP contribution in [0.4, 0.5) is 11.4 Å². The number of carbonyl (C=O) groups is 1. The normalized spacial score (nSPS) is 13.0. The van der Waals surface area contributed by atoms with Crippen molar-refractivity contribution >= 4 is 17.3 Å². The Hall–Kier alpha value is -3.27. The summed E-state index contributed by atoms with van der Waals surface area (Å²) >= 11 is 0. The molecule has 3 aromatic rings. The number of hydrogen-bond donors (Lipinski definition) is 1. The Morgan fingerprint density at radius 3 is 2.37 bits per heavy atom. The predicted molar refractivity (Wildman–Crippen MR) is 108 cm³/mol. The van der Waals surface area contributed by atoms with Crippen LogP contribution in [0.3, 0.4) is 0 Å². The van der Waals surface area contributed by atoms with Gasteiger partial charge in [0.2, 0.25) is 0 Å². The first-order valence-corrected chi connectivity index (χ1v) is 9.17. The van der Waals surface area contributed by atoms with Crippen molar-refractivity contribution in [2.24, 2.45) is 0 Å². The third-order valence-corrected chi connectivity index (χ3v) is 4.76. The van der Waals surface area contributed by atoms with Crippen molar-refractivity contribution in [1.82, 2.24) is 0 Å². The summed E-state index contributed by atoms with van der Waals surface area (Å²) in [6.07, 6.45) is 1.06. The monoisotopic (exact) mass is 358 g/mol. The van der Waals surface area contributed by atoms with Gasteiger partial charge >= 0.3 is 0 Å². The van der Waals surface area contributed by atoms with Crippen LogP contribution >= 0.6 is 0 Å². The molecular formula is C23H22N2O2. The van der Waals surface area contributed by atoms with Gasteiger partial charge in [0, 0.05) is 24.5 Å². The standard InChI is InChI=1S/C23H22N2O2/c26-23(17-27-22-8-2-1-3-9-22)24-20-10-12-21(13-11-20)25-15-14-18-6-4-5-7-19(18)16-25/h1-13H,14-17H2,(H,24,26). The summed E-state index contributed by atoms with van der Waals surface area (Å²) in [5, 5.41) is 2.88. The lowest BCUT2D eigenvalue weighted by Gasteiger charge is -2.30. The lowest BCUT2D eigenvalue weighted by Crippen LogP contribution is -2.30. The maximum Gasteiger partial charge on any atom is 0.262 e. The highest BCUT2D eigenvalue weighted by Gasteiger charge is 2.16. The Labute approximate surface area is 159 Å². The molecule has 136 valence electrons. The summed E-state index contributed by atoms with van der Waals surface area (Å²) in [7, 11) is 0. The molecule has 0 bridgehead atoms. The van der Waals surface area contributed by atoms with Crippen molar-refractivity contribution in [3.05, 3.63) is 90.0 Å². The number of hydrogen-bond acceptors (Lipinski definition) is 3. The topological polar surface area (TPSA) is 41.6 Å². The molecule has 1 aliphatic rings. The number of para-hydroxylation sites is 1. The maximum absolute atomic E-state index is 12.1. The van der Waals surface area contributed by atoms with Crippen LogP contribution in [-0.2, 0) is 17.8 Å². The smallest absolute Gasteiger partial charge is 0.262 e. The predicted octanol–water partition coefficient (Wildman–Crippen LogP) is 4.27. The minimum absolute atomic E-state index is 0.00528. The second-order valence-electron chi connectivity index (χ2n) is 6.64. The molecule has 0 spiro atoms. The third kappa shape index (κ3) is 4.29. The third-order valence-electron chi connectivity index (χ3n) is 4.76. The second-order valence-corrected chi connectivity index (χ2v) is 6.64. The highest BCUT2D eigenvalue weighted by atomic mass is 16.5. The lowest BCUT2D eigenvalue weighted by molar-refractivity contribution is -0.118. The Bertz CT molecular complexity index is 907. The van der Waals surface area contributed by atoms with Crippen molar-refractivity contribution < 1.29 is 9.53 Å². The van der Waals surface area contributed by atoms with Gasteiger partial charge < -0.3 is 15.0 Å². The van der Waals surface area contributed by atoms with Gasteiger partial charge in [-0.3, -0.25) is 4.79 Å². The summed E-state index contributed by atoms with van der Waals surface area (Å²) in [6, 6.07) is 25.9. The molecule has 4 rings (SSSR count). The molecule has 1 heterocycles. The Morgan fingerprint density at radius 2 is 1.59 bits per heavy atom. The number of nitrogens with zero attached hydrogens (tertiary/aromatic N) is 1. The minimum atomic E-state index is -0.168. The number of amides is 1. The summed E-state index contributed by atoms with van der Waals surface area (Å²) in [6.45, 7) is 1.93. The van der Waals surface area contributed by atoms with E-state index >= 15 is 0 Å². The Balaban J connectivity index is 1.33. The van der Waals surface area contributed by atoms with Crippen molar-refractivity contribution in [2.45, 2.75) is 13.0 Å². The van der Waals surface area contributed by atoms with Crippen LogP contribution in [0, 0.1) is 0 Å². The number of rotatable bonds is 5. The van der Waals surface area contributed by atoms with E-state index in [0.717, 1.165) is 25.2 Å². The van der Waals surface area contributed by atoms with E-state index in [2.05, 4.69) is 46.6 Å². The van der Waals surface area contributed by atoms with Crippen LogP contribution in [0.1, 0.15) is 11.1 Å².